The molecule has 1 aromatic heterocycles. The third kappa shape index (κ3) is 3.04. The molecule has 21 heavy (non-hydrogen) atoms. The van der Waals surface area contributed by atoms with Crippen LogP contribution in [0.5, 0.6) is 0 Å². The van der Waals surface area contributed by atoms with Crippen LogP contribution in [-0.4, -0.2) is 18.1 Å². The third-order valence-electron chi connectivity index (χ3n) is 4.74. The van der Waals surface area contributed by atoms with Crippen LogP contribution in [0.15, 0.2) is 24.3 Å². The zero-order valence-corrected chi connectivity index (χ0v) is 14.0. The highest BCUT2D eigenvalue weighted by Crippen LogP contribution is 2.35. The highest BCUT2D eigenvalue weighted by atomic mass is 32.1. The van der Waals surface area contributed by atoms with Crippen molar-refractivity contribution < 1.29 is 0 Å². The quantitative estimate of drug-likeness (QED) is 0.923. The Kier molecular flexibility index (Phi) is 4.41. The number of likely N-dealkylation sites (N-methyl/N-ethyl adjacent to an activating group) is 1. The van der Waals surface area contributed by atoms with Crippen molar-refractivity contribution in [3.05, 3.63) is 51.0 Å². The van der Waals surface area contributed by atoms with E-state index in [1.54, 1.807) is 11.1 Å². The van der Waals surface area contributed by atoms with E-state index in [1.807, 2.05) is 11.3 Å². The molecule has 0 radical (unpaired) electrons. The lowest BCUT2D eigenvalue weighted by Gasteiger charge is -2.32. The first-order valence-electron chi connectivity index (χ1n) is 7.87. The number of nitrogens with zero attached hydrogens (tertiary/aromatic N) is 1. The van der Waals surface area contributed by atoms with Gasteiger partial charge in [0.15, 0.2) is 0 Å². The highest BCUT2D eigenvalue weighted by molar-refractivity contribution is 7.11. The first-order valence-corrected chi connectivity index (χ1v) is 8.68. The molecule has 0 fully saturated rings. The van der Waals surface area contributed by atoms with Gasteiger partial charge in [0.05, 0.1) is 10.7 Å². The monoisotopic (exact) mass is 300 g/mol. The number of aryl methyl sites for hydroxylation is 3. The van der Waals surface area contributed by atoms with Crippen LogP contribution in [0, 0.1) is 13.8 Å². The summed E-state index contributed by atoms with van der Waals surface area (Å²) in [5.74, 6) is 0.615. The predicted molar refractivity (Wildman–Crippen MR) is 90.3 cm³/mol. The number of aromatic nitrogens is 1. The molecule has 112 valence electrons. The Morgan fingerprint density at radius 1 is 1.33 bits per heavy atom. The summed E-state index contributed by atoms with van der Waals surface area (Å²) in [4.78, 5) is 6.08. The maximum Gasteiger partial charge on any atom is 0.0946 e. The zero-order valence-electron chi connectivity index (χ0n) is 13.1. The fraction of sp³-hybridized carbons (Fsp3) is 0.500. The average molecular weight is 300 g/mol. The van der Waals surface area contributed by atoms with Gasteiger partial charge in [-0.05, 0) is 57.2 Å². The first-order chi connectivity index (χ1) is 10.2. The first kappa shape index (κ1) is 14.7. The van der Waals surface area contributed by atoms with Crippen LogP contribution in [0.1, 0.15) is 45.5 Å². The van der Waals surface area contributed by atoms with Gasteiger partial charge in [-0.25, -0.2) is 4.98 Å². The molecule has 2 nitrogen and oxygen atoms in total. The zero-order chi connectivity index (χ0) is 14.8. The minimum atomic E-state index is 0.483. The number of thiazole rings is 1. The van der Waals surface area contributed by atoms with Crippen molar-refractivity contribution >= 4 is 11.3 Å². The van der Waals surface area contributed by atoms with Crippen LogP contribution >= 0.6 is 11.3 Å². The van der Waals surface area contributed by atoms with E-state index in [9.17, 15) is 0 Å². The summed E-state index contributed by atoms with van der Waals surface area (Å²) in [6.45, 7) is 4.28. The number of hydrogen-bond acceptors (Lipinski definition) is 3. The van der Waals surface area contributed by atoms with Crippen molar-refractivity contribution in [1.82, 2.24) is 10.3 Å². The van der Waals surface area contributed by atoms with E-state index in [2.05, 4.69) is 50.5 Å². The van der Waals surface area contributed by atoms with Crippen LogP contribution in [0.4, 0.5) is 0 Å². The second kappa shape index (κ2) is 6.29. The topological polar surface area (TPSA) is 24.9 Å². The largest absolute Gasteiger partial charge is 0.316 e. The summed E-state index contributed by atoms with van der Waals surface area (Å²) in [5, 5.41) is 4.83. The second-order valence-corrected chi connectivity index (χ2v) is 7.33. The van der Waals surface area contributed by atoms with Crippen molar-refractivity contribution in [3.63, 3.8) is 0 Å². The Labute approximate surface area is 131 Å². The van der Waals surface area contributed by atoms with Crippen molar-refractivity contribution in [2.75, 3.05) is 7.05 Å². The van der Waals surface area contributed by atoms with E-state index in [4.69, 9.17) is 4.98 Å². The molecule has 0 amide bonds. The van der Waals surface area contributed by atoms with Crippen molar-refractivity contribution in [1.29, 1.82) is 0 Å². The molecule has 1 aliphatic carbocycles. The summed E-state index contributed by atoms with van der Waals surface area (Å²) >= 11 is 1.85. The number of benzene rings is 1. The molecule has 3 rings (SSSR count). The van der Waals surface area contributed by atoms with Crippen molar-refractivity contribution in [2.45, 2.75) is 51.5 Å². The summed E-state index contributed by atoms with van der Waals surface area (Å²) in [7, 11) is 2.09. The smallest absolute Gasteiger partial charge is 0.0946 e. The molecule has 0 bridgehead atoms. The van der Waals surface area contributed by atoms with Crippen LogP contribution < -0.4 is 5.32 Å². The predicted octanol–water partition coefficient (Wildman–Crippen LogP) is 4.01. The molecule has 1 aromatic carbocycles. The normalized spacial score (nSPS) is 19.3. The molecule has 3 heteroatoms. The van der Waals surface area contributed by atoms with Gasteiger partial charge in [0, 0.05) is 17.3 Å². The molecule has 2 unspecified atom stereocenters. The third-order valence-corrected chi connectivity index (χ3v) is 5.83. The molecule has 1 aliphatic rings. The molecule has 1 N–H and O–H groups in total. The molecule has 0 spiro atoms. The standard InChI is InChI=1S/C18H24N2S/c1-12-13(2)21-18(20-12)11-17(19-3)16-10-6-8-14-7-4-5-9-15(14)16/h4-5,7,9,16-17,19H,6,8,10-11H2,1-3H3. The SMILES string of the molecule is CNC(Cc1nc(C)c(C)s1)C1CCCc2ccccc21. The van der Waals surface area contributed by atoms with Crippen molar-refractivity contribution in [2.24, 2.45) is 0 Å². The molecular weight excluding hydrogens is 276 g/mol. The minimum Gasteiger partial charge on any atom is -0.316 e. The Bertz CT molecular complexity index is 598. The molecule has 2 atom stereocenters. The fourth-order valence-corrected chi connectivity index (χ4v) is 4.46. The molecule has 0 aliphatic heterocycles. The Balaban J connectivity index is 1.84. The lowest BCUT2D eigenvalue weighted by Crippen LogP contribution is -2.36. The van der Waals surface area contributed by atoms with Crippen LogP contribution in [0.25, 0.3) is 0 Å². The Hall–Kier alpha value is -1.19. The number of fused-ring (bicyclic) bond motifs is 1. The average Bonchev–Trinajstić information content (AvgIpc) is 2.82. The highest BCUT2D eigenvalue weighted by Gasteiger charge is 2.27. The maximum atomic E-state index is 4.73. The minimum absolute atomic E-state index is 0.483. The van der Waals surface area contributed by atoms with Gasteiger partial charge in [-0.2, -0.15) is 0 Å². The molecule has 1 heterocycles. The van der Waals surface area contributed by atoms with Gasteiger partial charge in [0.2, 0.25) is 0 Å². The summed E-state index contributed by atoms with van der Waals surface area (Å²) in [5.41, 5.74) is 4.28. The van der Waals surface area contributed by atoms with Crippen molar-refractivity contribution in [3.8, 4) is 0 Å². The van der Waals surface area contributed by atoms with Crippen LogP contribution in [0.2, 0.25) is 0 Å². The lowest BCUT2D eigenvalue weighted by molar-refractivity contribution is 0.410. The number of nitrogens with one attached hydrogen (secondary N) is 1. The van der Waals surface area contributed by atoms with Gasteiger partial charge in [0.1, 0.15) is 0 Å². The number of hydrogen-bond donors (Lipinski definition) is 1. The molecular formula is C18H24N2S. The Morgan fingerprint density at radius 2 is 2.14 bits per heavy atom. The van der Waals surface area contributed by atoms with E-state index >= 15 is 0 Å². The summed E-state index contributed by atoms with van der Waals surface area (Å²) < 4.78 is 0. The van der Waals surface area contributed by atoms with Gasteiger partial charge >= 0.3 is 0 Å². The van der Waals surface area contributed by atoms with Crippen LogP contribution in [0.3, 0.4) is 0 Å². The van der Waals surface area contributed by atoms with E-state index in [0.717, 1.165) is 6.42 Å². The van der Waals surface area contributed by atoms with Gasteiger partial charge in [-0.15, -0.1) is 11.3 Å². The lowest BCUT2D eigenvalue weighted by atomic mass is 9.78. The van der Waals surface area contributed by atoms with Gasteiger partial charge < -0.3 is 5.32 Å². The molecule has 0 saturated carbocycles. The van der Waals surface area contributed by atoms with Gasteiger partial charge in [-0.3, -0.25) is 0 Å². The van der Waals surface area contributed by atoms with E-state index in [0.29, 0.717) is 12.0 Å². The van der Waals surface area contributed by atoms with Gasteiger partial charge in [-0.1, -0.05) is 24.3 Å². The number of rotatable bonds is 4. The maximum absolute atomic E-state index is 4.73. The summed E-state index contributed by atoms with van der Waals surface area (Å²) in [6.07, 6.45) is 4.86. The Morgan fingerprint density at radius 3 is 2.86 bits per heavy atom. The molecule has 2 aromatic rings. The second-order valence-electron chi connectivity index (χ2n) is 6.05. The van der Waals surface area contributed by atoms with E-state index < -0.39 is 0 Å². The van der Waals surface area contributed by atoms with Crippen LogP contribution in [-0.2, 0) is 12.8 Å². The summed E-state index contributed by atoms with van der Waals surface area (Å²) in [6, 6.07) is 9.45. The molecule has 0 saturated heterocycles. The fourth-order valence-electron chi connectivity index (χ4n) is 3.47. The van der Waals surface area contributed by atoms with E-state index in [-0.39, 0.29) is 0 Å². The van der Waals surface area contributed by atoms with E-state index in [1.165, 1.54) is 34.8 Å². The van der Waals surface area contributed by atoms with Gasteiger partial charge in [0.25, 0.3) is 0 Å².